The second-order valence-electron chi connectivity index (χ2n) is 1.36. The average molecular weight is 144 g/mol. The second kappa shape index (κ2) is 3.80. The van der Waals surface area contributed by atoms with Crippen LogP contribution in [0.3, 0.4) is 0 Å². The zero-order valence-electron chi connectivity index (χ0n) is 5.17. The Morgan fingerprint density at radius 1 is 1.62 bits per heavy atom. The van der Waals surface area contributed by atoms with Crippen molar-refractivity contribution in [2.24, 2.45) is 0 Å². The first kappa shape index (κ1) is 11.6. The summed E-state index contributed by atoms with van der Waals surface area (Å²) in [6.07, 6.45) is 0. The minimum absolute atomic E-state index is 0. The van der Waals surface area contributed by atoms with E-state index in [0.717, 1.165) is 13.6 Å². The fourth-order valence-corrected chi connectivity index (χ4v) is 0. The van der Waals surface area contributed by atoms with Crippen molar-refractivity contribution in [1.29, 1.82) is 0 Å². The van der Waals surface area contributed by atoms with E-state index in [-0.39, 0.29) is 29.6 Å². The molecule has 0 spiro atoms. The zero-order valence-corrected chi connectivity index (χ0v) is 8.07. The van der Waals surface area contributed by atoms with E-state index < -0.39 is 12.9 Å². The van der Waals surface area contributed by atoms with Gasteiger partial charge in [0.2, 0.25) is 0 Å². The molecule has 0 aliphatic rings. The molecule has 0 N–H and O–H groups in total. The van der Waals surface area contributed by atoms with E-state index in [9.17, 15) is 14.3 Å². The van der Waals surface area contributed by atoms with Crippen LogP contribution in [0.5, 0.6) is 0 Å². The van der Waals surface area contributed by atoms with Gasteiger partial charge in [0, 0.05) is 6.92 Å². The number of carbonyl (C=O) groups excluding carboxylic acids is 1. The van der Waals surface area contributed by atoms with Crippen molar-refractivity contribution in [2.45, 2.75) is 6.92 Å². The Balaban J connectivity index is 0. The van der Waals surface area contributed by atoms with Gasteiger partial charge in [-0.15, -0.1) is 0 Å². The van der Waals surface area contributed by atoms with Gasteiger partial charge < -0.3 is 9.46 Å². The first-order valence-electron chi connectivity index (χ1n) is 1.74. The van der Waals surface area contributed by atoms with Crippen LogP contribution in [0.4, 0.5) is 0 Å². The summed E-state index contributed by atoms with van der Waals surface area (Å²) in [5, 5.41) is 0. The molecule has 42 valence electrons. The summed E-state index contributed by atoms with van der Waals surface area (Å²) in [5.74, 6) is 0. The second-order valence-corrected chi connectivity index (χ2v) is 3.69. The van der Waals surface area contributed by atoms with Crippen LogP contribution in [0.25, 0.3) is 0 Å². The van der Waals surface area contributed by atoms with E-state index in [1.807, 2.05) is 0 Å². The molecule has 0 aromatic rings. The van der Waals surface area contributed by atoms with Gasteiger partial charge in [-0.05, 0) is 6.66 Å². The maximum atomic E-state index is 10.0. The van der Waals surface area contributed by atoms with Gasteiger partial charge in [0.25, 0.3) is 0 Å². The Morgan fingerprint density at radius 2 is 1.75 bits per heavy atom. The maximum absolute atomic E-state index is 10.0. The predicted molar refractivity (Wildman–Crippen MR) is 24.2 cm³/mol. The summed E-state index contributed by atoms with van der Waals surface area (Å²) < 4.78 is 10.0. The quantitative estimate of drug-likeness (QED) is 0.288. The van der Waals surface area contributed by atoms with E-state index in [1.54, 1.807) is 0 Å². The summed E-state index contributed by atoms with van der Waals surface area (Å²) in [5.41, 5.74) is -0.757. The van der Waals surface area contributed by atoms with Crippen LogP contribution in [0.1, 0.15) is 6.92 Å². The van der Waals surface area contributed by atoms with Gasteiger partial charge in [0.05, 0.1) is 7.37 Å². The molecule has 0 aromatic heterocycles. The third-order valence-corrected chi connectivity index (χ3v) is 1.72. The molecular formula is C3H6NaO3P. The van der Waals surface area contributed by atoms with Gasteiger partial charge in [-0.1, -0.05) is 0 Å². The molecule has 0 amide bonds. The monoisotopic (exact) mass is 144 g/mol. The number of carbonyl (C=O) groups is 1. The Kier molecular flexibility index (Phi) is 5.53. The Morgan fingerprint density at radius 3 is 1.75 bits per heavy atom. The molecule has 0 aromatic carbocycles. The van der Waals surface area contributed by atoms with Crippen molar-refractivity contribution in [3.8, 4) is 0 Å². The molecule has 8 heavy (non-hydrogen) atoms. The summed E-state index contributed by atoms with van der Waals surface area (Å²) in [4.78, 5) is 19.9. The van der Waals surface area contributed by atoms with E-state index >= 15 is 0 Å². The standard InChI is InChI=1S/C3H7O3P.Na/c1-3(4)7(2,5)6;/h1-2H3,(H,5,6);/q;+1/p-1. The molecule has 0 bridgehead atoms. The van der Waals surface area contributed by atoms with Gasteiger partial charge in [-0.2, -0.15) is 0 Å². The fraction of sp³-hybridized carbons (Fsp3) is 0.667. The van der Waals surface area contributed by atoms with Gasteiger partial charge in [-0.25, -0.2) is 0 Å². The van der Waals surface area contributed by atoms with Crippen molar-refractivity contribution >= 4 is 12.9 Å². The molecule has 0 radical (unpaired) electrons. The molecule has 1 atom stereocenters. The number of hydrogen-bond donors (Lipinski definition) is 0. The van der Waals surface area contributed by atoms with E-state index in [0.29, 0.717) is 0 Å². The van der Waals surface area contributed by atoms with Crippen LogP contribution in [-0.2, 0) is 9.36 Å². The van der Waals surface area contributed by atoms with E-state index in [1.165, 1.54) is 0 Å². The molecule has 0 rings (SSSR count). The normalized spacial score (nSPS) is 15.9. The average Bonchev–Trinajstić information content (AvgIpc) is 1.31. The number of rotatable bonds is 1. The maximum Gasteiger partial charge on any atom is 1.00 e. The predicted octanol–water partition coefficient (Wildman–Crippen LogP) is -3.19. The Hall–Kier alpha value is 0.860. The molecular weight excluding hydrogens is 138 g/mol. The SMILES string of the molecule is CC(=O)P(C)(=O)[O-].[Na+]. The van der Waals surface area contributed by atoms with E-state index in [4.69, 9.17) is 0 Å². The Labute approximate surface area is 70.2 Å². The first-order valence-corrected chi connectivity index (χ1v) is 3.81. The first-order chi connectivity index (χ1) is 2.94. The molecule has 0 saturated carbocycles. The minimum Gasteiger partial charge on any atom is -0.794 e. The van der Waals surface area contributed by atoms with Gasteiger partial charge in [0.15, 0.2) is 5.52 Å². The zero-order chi connectivity index (χ0) is 6.08. The van der Waals surface area contributed by atoms with Crippen LogP contribution in [0.15, 0.2) is 0 Å². The minimum atomic E-state index is -3.63. The van der Waals surface area contributed by atoms with Gasteiger partial charge >= 0.3 is 29.6 Å². The summed E-state index contributed by atoms with van der Waals surface area (Å²) in [6.45, 7) is 1.95. The fourth-order valence-electron chi connectivity index (χ4n) is 0. The summed E-state index contributed by atoms with van der Waals surface area (Å²) in [7, 11) is -3.63. The van der Waals surface area contributed by atoms with Crippen LogP contribution in [0.2, 0.25) is 0 Å². The summed E-state index contributed by atoms with van der Waals surface area (Å²) >= 11 is 0. The molecule has 1 unspecified atom stereocenters. The van der Waals surface area contributed by atoms with Gasteiger partial charge in [-0.3, -0.25) is 4.79 Å². The molecule has 0 aliphatic carbocycles. The smallest absolute Gasteiger partial charge is 0.794 e. The topological polar surface area (TPSA) is 57.2 Å². The van der Waals surface area contributed by atoms with Crippen LogP contribution in [-0.4, -0.2) is 12.2 Å². The van der Waals surface area contributed by atoms with Gasteiger partial charge in [0.1, 0.15) is 0 Å². The third-order valence-electron chi connectivity index (χ3n) is 0.572. The van der Waals surface area contributed by atoms with E-state index in [2.05, 4.69) is 0 Å². The van der Waals surface area contributed by atoms with Crippen LogP contribution in [0, 0.1) is 0 Å². The molecule has 0 aliphatic heterocycles. The van der Waals surface area contributed by atoms with Crippen molar-refractivity contribution in [3.05, 3.63) is 0 Å². The third kappa shape index (κ3) is 5.01. The molecule has 5 heteroatoms. The van der Waals surface area contributed by atoms with Crippen LogP contribution >= 0.6 is 7.37 Å². The van der Waals surface area contributed by atoms with Crippen molar-refractivity contribution in [2.75, 3.05) is 6.66 Å². The van der Waals surface area contributed by atoms with Crippen molar-refractivity contribution < 1.29 is 43.8 Å². The Bertz CT molecular complexity index is 126. The number of hydrogen-bond acceptors (Lipinski definition) is 3. The van der Waals surface area contributed by atoms with Crippen molar-refractivity contribution in [3.63, 3.8) is 0 Å². The molecule has 0 fully saturated rings. The van der Waals surface area contributed by atoms with Crippen molar-refractivity contribution in [1.82, 2.24) is 0 Å². The molecule has 0 heterocycles. The molecule has 3 nitrogen and oxygen atoms in total. The van der Waals surface area contributed by atoms with Crippen LogP contribution < -0.4 is 34.5 Å². The largest absolute Gasteiger partial charge is 1.00 e. The molecule has 0 saturated heterocycles. The summed E-state index contributed by atoms with van der Waals surface area (Å²) in [6, 6.07) is 0.